The standard InChI is InChI=1S/C17H22N4O.ClH/c18-16-8-2-1-5-13(16)11-17(22)20-14-6-3-7-15(12-14)21-10-4-9-19-21;/h3-4,6-7,9-10,12-13,16H,1-2,5,8,11,18H2,(H,20,22);1H. The van der Waals surface area contributed by atoms with Gasteiger partial charge in [-0.3, -0.25) is 4.79 Å². The molecule has 0 bridgehead atoms. The average Bonchev–Trinajstić information content (AvgIpc) is 3.04. The molecule has 0 aliphatic heterocycles. The smallest absolute Gasteiger partial charge is 0.224 e. The van der Waals surface area contributed by atoms with Gasteiger partial charge in [0.1, 0.15) is 0 Å². The Hall–Kier alpha value is -1.85. The van der Waals surface area contributed by atoms with Crippen molar-refractivity contribution in [1.29, 1.82) is 0 Å². The lowest BCUT2D eigenvalue weighted by Crippen LogP contribution is -2.35. The van der Waals surface area contributed by atoms with Gasteiger partial charge in [-0.05, 0) is 43.0 Å². The van der Waals surface area contributed by atoms with Crippen LogP contribution in [0.5, 0.6) is 0 Å². The van der Waals surface area contributed by atoms with E-state index < -0.39 is 0 Å². The van der Waals surface area contributed by atoms with E-state index in [1.54, 1.807) is 10.9 Å². The molecule has 2 unspecified atom stereocenters. The highest BCUT2D eigenvalue weighted by atomic mass is 35.5. The fraction of sp³-hybridized carbons (Fsp3) is 0.412. The van der Waals surface area contributed by atoms with Crippen molar-refractivity contribution in [2.45, 2.75) is 38.1 Å². The third-order valence-electron chi connectivity index (χ3n) is 4.31. The van der Waals surface area contributed by atoms with Crippen molar-refractivity contribution in [3.05, 3.63) is 42.7 Å². The number of nitrogens with two attached hydrogens (primary N) is 1. The van der Waals surface area contributed by atoms with Crippen LogP contribution in [0.2, 0.25) is 0 Å². The van der Waals surface area contributed by atoms with Gasteiger partial charge in [0, 0.05) is 30.5 Å². The van der Waals surface area contributed by atoms with Crippen molar-refractivity contribution in [2.24, 2.45) is 11.7 Å². The zero-order chi connectivity index (χ0) is 15.4. The highest BCUT2D eigenvalue weighted by Crippen LogP contribution is 2.26. The number of rotatable bonds is 4. The minimum Gasteiger partial charge on any atom is -0.327 e. The van der Waals surface area contributed by atoms with Crippen LogP contribution in [0, 0.1) is 5.92 Å². The second-order valence-electron chi connectivity index (χ2n) is 5.96. The van der Waals surface area contributed by atoms with Crippen LogP contribution in [0.1, 0.15) is 32.1 Å². The maximum atomic E-state index is 12.2. The van der Waals surface area contributed by atoms with Crippen LogP contribution in [0.3, 0.4) is 0 Å². The van der Waals surface area contributed by atoms with E-state index in [-0.39, 0.29) is 24.4 Å². The Morgan fingerprint density at radius 2 is 2.13 bits per heavy atom. The summed E-state index contributed by atoms with van der Waals surface area (Å²) in [4.78, 5) is 12.2. The number of halogens is 1. The molecule has 2 aromatic rings. The number of hydrogen-bond acceptors (Lipinski definition) is 3. The van der Waals surface area contributed by atoms with Gasteiger partial charge in [-0.2, -0.15) is 5.10 Å². The quantitative estimate of drug-likeness (QED) is 0.902. The molecule has 1 amide bonds. The van der Waals surface area contributed by atoms with Gasteiger partial charge in [0.2, 0.25) is 5.91 Å². The van der Waals surface area contributed by atoms with Crippen molar-refractivity contribution in [1.82, 2.24) is 9.78 Å². The van der Waals surface area contributed by atoms with Gasteiger partial charge in [0.25, 0.3) is 0 Å². The number of carbonyl (C=O) groups excluding carboxylic acids is 1. The number of aromatic nitrogens is 2. The summed E-state index contributed by atoms with van der Waals surface area (Å²) in [6, 6.07) is 9.72. The van der Waals surface area contributed by atoms with Gasteiger partial charge in [-0.15, -0.1) is 12.4 Å². The molecule has 23 heavy (non-hydrogen) atoms. The Labute approximate surface area is 142 Å². The van der Waals surface area contributed by atoms with E-state index in [1.165, 1.54) is 12.8 Å². The van der Waals surface area contributed by atoms with Gasteiger partial charge in [0.15, 0.2) is 0 Å². The molecule has 5 nitrogen and oxygen atoms in total. The molecule has 3 N–H and O–H groups in total. The SMILES string of the molecule is Cl.NC1CCCCC1CC(=O)Nc1cccc(-n2cccn2)c1. The Bertz CT molecular complexity index is 629. The first-order chi connectivity index (χ1) is 10.7. The average molecular weight is 335 g/mol. The molecule has 1 heterocycles. The first-order valence-electron chi connectivity index (χ1n) is 7.88. The first kappa shape index (κ1) is 17.5. The van der Waals surface area contributed by atoms with Crippen LogP contribution < -0.4 is 11.1 Å². The van der Waals surface area contributed by atoms with E-state index in [0.717, 1.165) is 24.2 Å². The third-order valence-corrected chi connectivity index (χ3v) is 4.31. The van der Waals surface area contributed by atoms with E-state index in [1.807, 2.05) is 36.5 Å². The van der Waals surface area contributed by atoms with Crippen LogP contribution in [0.25, 0.3) is 5.69 Å². The molecule has 0 radical (unpaired) electrons. The highest BCUT2D eigenvalue weighted by Gasteiger charge is 2.24. The number of hydrogen-bond donors (Lipinski definition) is 2. The van der Waals surface area contributed by atoms with Crippen LogP contribution in [-0.4, -0.2) is 21.7 Å². The summed E-state index contributed by atoms with van der Waals surface area (Å²) in [7, 11) is 0. The van der Waals surface area contributed by atoms with Crippen molar-refractivity contribution in [3.63, 3.8) is 0 Å². The summed E-state index contributed by atoms with van der Waals surface area (Å²) >= 11 is 0. The van der Waals surface area contributed by atoms with Crippen LogP contribution in [0.15, 0.2) is 42.7 Å². The van der Waals surface area contributed by atoms with Crippen molar-refractivity contribution >= 4 is 24.0 Å². The molecular weight excluding hydrogens is 312 g/mol. The largest absolute Gasteiger partial charge is 0.327 e. The fourth-order valence-corrected chi connectivity index (χ4v) is 3.09. The van der Waals surface area contributed by atoms with Gasteiger partial charge >= 0.3 is 0 Å². The lowest BCUT2D eigenvalue weighted by molar-refractivity contribution is -0.117. The van der Waals surface area contributed by atoms with E-state index in [9.17, 15) is 4.79 Å². The first-order valence-corrected chi connectivity index (χ1v) is 7.88. The topological polar surface area (TPSA) is 72.9 Å². The Morgan fingerprint density at radius 1 is 1.30 bits per heavy atom. The maximum absolute atomic E-state index is 12.2. The van der Waals surface area contributed by atoms with Crippen LogP contribution >= 0.6 is 12.4 Å². The number of carbonyl (C=O) groups is 1. The lowest BCUT2D eigenvalue weighted by Gasteiger charge is -2.27. The molecular formula is C17H23ClN4O. The van der Waals surface area contributed by atoms with Crippen molar-refractivity contribution in [2.75, 3.05) is 5.32 Å². The molecule has 1 fully saturated rings. The predicted molar refractivity (Wildman–Crippen MR) is 94.0 cm³/mol. The second kappa shape index (κ2) is 8.13. The maximum Gasteiger partial charge on any atom is 0.224 e. The zero-order valence-corrected chi connectivity index (χ0v) is 13.8. The predicted octanol–water partition coefficient (Wildman–Crippen LogP) is 3.14. The zero-order valence-electron chi connectivity index (χ0n) is 13.0. The molecule has 0 saturated heterocycles. The minimum atomic E-state index is 0. The molecule has 0 spiro atoms. The molecule has 124 valence electrons. The molecule has 2 atom stereocenters. The summed E-state index contributed by atoms with van der Waals surface area (Å²) in [5.41, 5.74) is 7.84. The van der Waals surface area contributed by atoms with E-state index in [4.69, 9.17) is 5.73 Å². The van der Waals surface area contributed by atoms with Crippen LogP contribution in [-0.2, 0) is 4.79 Å². The summed E-state index contributed by atoms with van der Waals surface area (Å²) in [5, 5.41) is 7.17. The second-order valence-corrected chi connectivity index (χ2v) is 5.96. The number of amides is 1. The van der Waals surface area contributed by atoms with Gasteiger partial charge in [-0.25, -0.2) is 4.68 Å². The fourth-order valence-electron chi connectivity index (χ4n) is 3.09. The normalized spacial score (nSPS) is 20.6. The number of nitrogens with one attached hydrogen (secondary N) is 1. The Morgan fingerprint density at radius 3 is 2.87 bits per heavy atom. The van der Waals surface area contributed by atoms with Crippen molar-refractivity contribution in [3.8, 4) is 5.69 Å². The number of nitrogens with zero attached hydrogens (tertiary/aromatic N) is 2. The third kappa shape index (κ3) is 4.56. The van der Waals surface area contributed by atoms with Crippen molar-refractivity contribution < 1.29 is 4.79 Å². The van der Waals surface area contributed by atoms with Gasteiger partial charge < -0.3 is 11.1 Å². The molecule has 1 aromatic carbocycles. The highest BCUT2D eigenvalue weighted by molar-refractivity contribution is 5.91. The molecule has 1 saturated carbocycles. The number of benzene rings is 1. The number of anilines is 1. The molecule has 1 aliphatic rings. The Kier molecular flexibility index (Phi) is 6.19. The van der Waals surface area contributed by atoms with Gasteiger partial charge in [-0.1, -0.05) is 18.9 Å². The van der Waals surface area contributed by atoms with E-state index >= 15 is 0 Å². The minimum absolute atomic E-state index is 0. The summed E-state index contributed by atoms with van der Waals surface area (Å²) < 4.78 is 1.77. The summed E-state index contributed by atoms with van der Waals surface area (Å²) in [5.74, 6) is 0.350. The summed E-state index contributed by atoms with van der Waals surface area (Å²) in [6.45, 7) is 0. The molecule has 1 aliphatic carbocycles. The summed E-state index contributed by atoms with van der Waals surface area (Å²) in [6.07, 6.45) is 8.57. The van der Waals surface area contributed by atoms with E-state index in [2.05, 4.69) is 10.4 Å². The molecule has 1 aromatic heterocycles. The van der Waals surface area contributed by atoms with Gasteiger partial charge in [0.05, 0.1) is 5.69 Å². The molecule has 3 rings (SSSR count). The lowest BCUT2D eigenvalue weighted by atomic mass is 9.83. The Balaban J connectivity index is 0.00000192. The monoisotopic (exact) mass is 334 g/mol. The molecule has 6 heteroatoms. The van der Waals surface area contributed by atoms with Crippen LogP contribution in [0.4, 0.5) is 5.69 Å². The van der Waals surface area contributed by atoms with E-state index in [0.29, 0.717) is 12.3 Å².